The number of halogens is 3. The van der Waals surface area contributed by atoms with Crippen molar-refractivity contribution in [2.24, 2.45) is 0 Å². The molecule has 0 aliphatic carbocycles. The number of nitrogens with zero attached hydrogens (tertiary/aromatic N) is 2. The number of methoxy groups -OCH3 is 1. The van der Waals surface area contributed by atoms with Crippen LogP contribution in [-0.2, 0) is 12.6 Å². The van der Waals surface area contributed by atoms with Gasteiger partial charge in [-0.05, 0) is 54.4 Å². The summed E-state index contributed by atoms with van der Waals surface area (Å²) in [7, 11) is 1.62. The van der Waals surface area contributed by atoms with E-state index >= 15 is 0 Å². The maximum atomic E-state index is 12.6. The molecule has 1 aromatic heterocycles. The molecule has 146 valence electrons. The van der Waals surface area contributed by atoms with E-state index in [-0.39, 0.29) is 0 Å². The molecule has 0 fully saturated rings. The minimum Gasteiger partial charge on any atom is -0.497 e. The molecule has 0 aliphatic rings. The lowest BCUT2D eigenvalue weighted by Crippen LogP contribution is -2.08. The van der Waals surface area contributed by atoms with E-state index in [1.54, 1.807) is 19.4 Å². The zero-order chi connectivity index (χ0) is 20.0. The van der Waals surface area contributed by atoms with Crippen molar-refractivity contribution < 1.29 is 17.9 Å². The number of rotatable bonds is 7. The molecule has 1 heterocycles. The number of nitrogens with one attached hydrogen (secondary N) is 2. The fraction of sp³-hybridized carbons (Fsp3) is 0.200. The van der Waals surface area contributed by atoms with E-state index in [1.165, 1.54) is 12.1 Å². The summed E-state index contributed by atoms with van der Waals surface area (Å²) in [4.78, 5) is 8.48. The maximum Gasteiger partial charge on any atom is 0.416 e. The molecule has 3 aromatic rings. The Morgan fingerprint density at radius 1 is 0.964 bits per heavy atom. The zero-order valence-corrected chi connectivity index (χ0v) is 15.1. The summed E-state index contributed by atoms with van der Waals surface area (Å²) in [5, 5.41) is 6.11. The molecule has 0 atom stereocenters. The van der Waals surface area contributed by atoms with E-state index in [9.17, 15) is 13.2 Å². The van der Waals surface area contributed by atoms with Gasteiger partial charge in [-0.15, -0.1) is 0 Å². The molecule has 5 nitrogen and oxygen atoms in total. The first-order valence-corrected chi connectivity index (χ1v) is 8.58. The van der Waals surface area contributed by atoms with Gasteiger partial charge >= 0.3 is 6.18 Å². The van der Waals surface area contributed by atoms with Crippen molar-refractivity contribution in [1.82, 2.24) is 9.97 Å². The Bertz CT molecular complexity index is 897. The van der Waals surface area contributed by atoms with Gasteiger partial charge in [0.25, 0.3) is 0 Å². The average molecular weight is 388 g/mol. The van der Waals surface area contributed by atoms with Crippen LogP contribution in [0.3, 0.4) is 0 Å². The van der Waals surface area contributed by atoms with Crippen LogP contribution in [0.1, 0.15) is 11.1 Å². The Hall–Kier alpha value is -3.29. The Morgan fingerprint density at radius 2 is 1.68 bits per heavy atom. The number of anilines is 3. The summed E-state index contributed by atoms with van der Waals surface area (Å²) in [5.41, 5.74) is 0.963. The highest BCUT2D eigenvalue weighted by Crippen LogP contribution is 2.30. The van der Waals surface area contributed by atoms with E-state index in [2.05, 4.69) is 20.6 Å². The van der Waals surface area contributed by atoms with Gasteiger partial charge in [0.2, 0.25) is 5.95 Å². The Balaban J connectivity index is 1.56. The van der Waals surface area contributed by atoms with Gasteiger partial charge in [-0.1, -0.05) is 12.1 Å². The number of hydrogen-bond acceptors (Lipinski definition) is 5. The standard InChI is InChI=1S/C20H19F3N4O/c1-28-17-8-2-14(3-9-17)10-12-24-19-25-13-11-18(27-19)26-16-6-4-15(5-7-16)20(21,22)23/h2-9,11,13H,10,12H2,1H3,(H2,24,25,26,27). The van der Waals surface area contributed by atoms with E-state index in [1.807, 2.05) is 24.3 Å². The third-order valence-electron chi connectivity index (χ3n) is 4.00. The van der Waals surface area contributed by atoms with Crippen LogP contribution >= 0.6 is 0 Å². The van der Waals surface area contributed by atoms with Gasteiger partial charge in [-0.3, -0.25) is 0 Å². The average Bonchev–Trinajstić information content (AvgIpc) is 2.69. The zero-order valence-electron chi connectivity index (χ0n) is 15.1. The van der Waals surface area contributed by atoms with Crippen LogP contribution < -0.4 is 15.4 Å². The summed E-state index contributed by atoms with van der Waals surface area (Å²) in [6.45, 7) is 0.635. The fourth-order valence-electron chi connectivity index (χ4n) is 2.51. The lowest BCUT2D eigenvalue weighted by molar-refractivity contribution is -0.137. The van der Waals surface area contributed by atoms with Gasteiger partial charge in [0.1, 0.15) is 11.6 Å². The fourth-order valence-corrected chi connectivity index (χ4v) is 2.51. The molecule has 0 unspecified atom stereocenters. The number of aromatic nitrogens is 2. The smallest absolute Gasteiger partial charge is 0.416 e. The lowest BCUT2D eigenvalue weighted by Gasteiger charge is -2.10. The Labute approximate surface area is 160 Å². The minimum atomic E-state index is -4.35. The second-order valence-electron chi connectivity index (χ2n) is 5.99. The first kappa shape index (κ1) is 19.5. The van der Waals surface area contributed by atoms with Crippen LogP contribution in [0.5, 0.6) is 5.75 Å². The van der Waals surface area contributed by atoms with Crippen LogP contribution in [0.2, 0.25) is 0 Å². The van der Waals surface area contributed by atoms with Crippen molar-refractivity contribution in [1.29, 1.82) is 0 Å². The normalized spacial score (nSPS) is 11.1. The second kappa shape index (κ2) is 8.60. The van der Waals surface area contributed by atoms with Gasteiger partial charge in [0.15, 0.2) is 0 Å². The van der Waals surface area contributed by atoms with Crippen LogP contribution in [0, 0.1) is 0 Å². The summed E-state index contributed by atoms with van der Waals surface area (Å²) in [6, 6.07) is 14.2. The van der Waals surface area contributed by atoms with Crippen LogP contribution in [0.4, 0.5) is 30.6 Å². The molecule has 3 rings (SSSR count). The van der Waals surface area contributed by atoms with Crippen molar-refractivity contribution in [2.75, 3.05) is 24.3 Å². The second-order valence-corrected chi connectivity index (χ2v) is 5.99. The highest BCUT2D eigenvalue weighted by atomic mass is 19.4. The lowest BCUT2D eigenvalue weighted by atomic mass is 10.1. The summed E-state index contributed by atoms with van der Waals surface area (Å²) < 4.78 is 43.0. The molecule has 0 aliphatic heterocycles. The van der Waals surface area contributed by atoms with Gasteiger partial charge in [-0.25, -0.2) is 4.98 Å². The van der Waals surface area contributed by atoms with Crippen molar-refractivity contribution in [3.63, 3.8) is 0 Å². The summed E-state index contributed by atoms with van der Waals surface area (Å²) in [5.74, 6) is 1.73. The Morgan fingerprint density at radius 3 is 2.32 bits per heavy atom. The number of alkyl halides is 3. The topological polar surface area (TPSA) is 59.1 Å². The van der Waals surface area contributed by atoms with E-state index in [0.29, 0.717) is 24.0 Å². The first-order valence-electron chi connectivity index (χ1n) is 8.58. The van der Waals surface area contributed by atoms with Gasteiger partial charge in [0, 0.05) is 18.4 Å². The predicted octanol–water partition coefficient (Wildman–Crippen LogP) is 4.90. The number of benzene rings is 2. The van der Waals surface area contributed by atoms with Gasteiger partial charge in [0.05, 0.1) is 12.7 Å². The van der Waals surface area contributed by atoms with Gasteiger partial charge < -0.3 is 15.4 Å². The van der Waals surface area contributed by atoms with Crippen molar-refractivity contribution in [3.05, 3.63) is 71.9 Å². The van der Waals surface area contributed by atoms with Crippen molar-refractivity contribution in [3.8, 4) is 5.75 Å². The molecule has 0 radical (unpaired) electrons. The molecular weight excluding hydrogens is 369 g/mol. The highest BCUT2D eigenvalue weighted by Gasteiger charge is 2.29. The highest BCUT2D eigenvalue weighted by molar-refractivity contribution is 5.57. The quantitative estimate of drug-likeness (QED) is 0.603. The number of ether oxygens (including phenoxy) is 1. The van der Waals surface area contributed by atoms with Crippen LogP contribution in [0.15, 0.2) is 60.8 Å². The predicted molar refractivity (Wildman–Crippen MR) is 102 cm³/mol. The summed E-state index contributed by atoms with van der Waals surface area (Å²) in [6.07, 6.45) is -1.99. The van der Waals surface area contributed by atoms with Crippen LogP contribution in [0.25, 0.3) is 0 Å². The largest absolute Gasteiger partial charge is 0.497 e. The molecule has 0 bridgehead atoms. The molecule has 0 spiro atoms. The molecule has 0 amide bonds. The molecule has 0 saturated heterocycles. The third-order valence-corrected chi connectivity index (χ3v) is 4.00. The Kier molecular flexibility index (Phi) is 5.98. The van der Waals surface area contributed by atoms with Gasteiger partial charge in [-0.2, -0.15) is 18.2 Å². The molecule has 0 saturated carbocycles. The monoisotopic (exact) mass is 388 g/mol. The van der Waals surface area contributed by atoms with Crippen molar-refractivity contribution in [2.45, 2.75) is 12.6 Å². The molecule has 2 N–H and O–H groups in total. The van der Waals surface area contributed by atoms with E-state index < -0.39 is 11.7 Å². The minimum absolute atomic E-state index is 0.436. The van der Waals surface area contributed by atoms with E-state index in [0.717, 1.165) is 29.9 Å². The van der Waals surface area contributed by atoms with Crippen LogP contribution in [-0.4, -0.2) is 23.6 Å². The molecular formula is C20H19F3N4O. The molecule has 28 heavy (non-hydrogen) atoms. The SMILES string of the molecule is COc1ccc(CCNc2nccc(Nc3ccc(C(F)(F)F)cc3)n2)cc1. The molecule has 2 aromatic carbocycles. The number of hydrogen-bond donors (Lipinski definition) is 2. The summed E-state index contributed by atoms with van der Waals surface area (Å²) >= 11 is 0. The van der Waals surface area contributed by atoms with E-state index in [4.69, 9.17) is 4.74 Å². The third kappa shape index (κ3) is 5.35. The first-order chi connectivity index (χ1) is 13.4. The molecule has 8 heteroatoms. The maximum absolute atomic E-state index is 12.6. The van der Waals surface area contributed by atoms with Crippen molar-refractivity contribution >= 4 is 17.5 Å².